The Balaban J connectivity index is 1.95. The van der Waals surface area contributed by atoms with Crippen molar-refractivity contribution in [1.29, 1.82) is 0 Å². The van der Waals surface area contributed by atoms with E-state index in [0.29, 0.717) is 31.5 Å². The van der Waals surface area contributed by atoms with Crippen LogP contribution in [0.4, 0.5) is 15.0 Å². The monoisotopic (exact) mass is 295 g/mol. The van der Waals surface area contributed by atoms with Crippen LogP contribution in [0.2, 0.25) is 0 Å². The number of carbonyl (C=O) groups excluding carboxylic acids is 1. The highest BCUT2D eigenvalue weighted by atomic mass is 19.1. The van der Waals surface area contributed by atoms with Gasteiger partial charge in [0.15, 0.2) is 0 Å². The number of piperidine rings is 1. The van der Waals surface area contributed by atoms with Crippen molar-refractivity contribution in [2.24, 2.45) is 0 Å². The minimum atomic E-state index is -0.509. The fourth-order valence-electron chi connectivity index (χ4n) is 2.46. The minimum absolute atomic E-state index is 0.0665. The van der Waals surface area contributed by atoms with Gasteiger partial charge in [-0.25, -0.2) is 9.78 Å². The van der Waals surface area contributed by atoms with Gasteiger partial charge in [0.25, 0.3) is 0 Å². The van der Waals surface area contributed by atoms with E-state index >= 15 is 0 Å². The molecule has 2 N–H and O–H groups in total. The molecule has 21 heavy (non-hydrogen) atoms. The third kappa shape index (κ3) is 4.06. The van der Waals surface area contributed by atoms with E-state index in [0.717, 1.165) is 0 Å². The number of hydrogen-bond acceptors (Lipinski definition) is 4. The van der Waals surface area contributed by atoms with Crippen LogP contribution in [0.5, 0.6) is 0 Å². The molecule has 5 nitrogen and oxygen atoms in total. The summed E-state index contributed by atoms with van der Waals surface area (Å²) in [6.07, 6.45) is 1.08. The maximum absolute atomic E-state index is 13.8. The van der Waals surface area contributed by atoms with Gasteiger partial charge in [0.1, 0.15) is 11.4 Å². The third-order valence-electron chi connectivity index (χ3n) is 3.49. The van der Waals surface area contributed by atoms with Crippen molar-refractivity contribution in [3.63, 3.8) is 0 Å². The number of rotatable bonds is 1. The van der Waals surface area contributed by atoms with Gasteiger partial charge >= 0.3 is 6.09 Å². The Morgan fingerprint density at radius 1 is 1.38 bits per heavy atom. The summed E-state index contributed by atoms with van der Waals surface area (Å²) in [5.74, 6) is -0.259. The molecule has 0 atom stereocenters. The lowest BCUT2D eigenvalue weighted by molar-refractivity contribution is 0.0204. The average molecular weight is 295 g/mol. The lowest BCUT2D eigenvalue weighted by atomic mass is 9.90. The summed E-state index contributed by atoms with van der Waals surface area (Å²) < 4.78 is 19.2. The van der Waals surface area contributed by atoms with Crippen LogP contribution in [0.1, 0.15) is 45.1 Å². The highest BCUT2D eigenvalue weighted by Gasteiger charge is 2.28. The molecule has 1 aliphatic rings. The molecule has 0 aliphatic carbocycles. The summed E-state index contributed by atoms with van der Waals surface area (Å²) in [4.78, 5) is 17.3. The Labute approximate surface area is 124 Å². The number of halogens is 1. The van der Waals surface area contributed by atoms with Crippen LogP contribution < -0.4 is 5.73 Å². The van der Waals surface area contributed by atoms with Crippen molar-refractivity contribution in [1.82, 2.24) is 9.88 Å². The van der Waals surface area contributed by atoms with Gasteiger partial charge in [-0.05, 0) is 45.6 Å². The van der Waals surface area contributed by atoms with E-state index in [1.807, 2.05) is 20.8 Å². The molecule has 0 spiro atoms. The second-order valence-electron chi connectivity index (χ2n) is 6.36. The normalized spacial score (nSPS) is 16.9. The van der Waals surface area contributed by atoms with Crippen LogP contribution in [0, 0.1) is 5.95 Å². The number of nitrogen functional groups attached to an aromatic ring is 1. The maximum Gasteiger partial charge on any atom is 0.410 e. The van der Waals surface area contributed by atoms with Crippen LogP contribution in [0.3, 0.4) is 0 Å². The molecule has 0 bridgehead atoms. The van der Waals surface area contributed by atoms with E-state index in [-0.39, 0.29) is 17.8 Å². The van der Waals surface area contributed by atoms with Gasteiger partial charge in [0.05, 0.1) is 0 Å². The molecule has 0 radical (unpaired) electrons. The van der Waals surface area contributed by atoms with E-state index in [1.54, 1.807) is 17.0 Å². The summed E-state index contributed by atoms with van der Waals surface area (Å²) in [5.41, 5.74) is 5.53. The standard InChI is InChI=1S/C15H22FN3O2/c1-15(2,3)21-14(20)19-8-6-10(7-9-19)11-4-5-12(17)18-13(11)16/h4-5,10H,6-9H2,1-3H3,(H2,17,18). The molecule has 1 aliphatic heterocycles. The van der Waals surface area contributed by atoms with E-state index in [9.17, 15) is 9.18 Å². The second-order valence-corrected chi connectivity index (χ2v) is 6.36. The first-order valence-electron chi connectivity index (χ1n) is 7.16. The first-order chi connectivity index (χ1) is 9.76. The zero-order valence-corrected chi connectivity index (χ0v) is 12.7. The number of likely N-dealkylation sites (tertiary alicyclic amines) is 1. The van der Waals surface area contributed by atoms with Gasteiger partial charge in [0.2, 0.25) is 5.95 Å². The van der Waals surface area contributed by atoms with E-state index in [2.05, 4.69) is 4.98 Å². The molecular weight excluding hydrogens is 273 g/mol. The molecule has 0 aromatic carbocycles. The highest BCUT2D eigenvalue weighted by Crippen LogP contribution is 2.30. The molecule has 2 heterocycles. The maximum atomic E-state index is 13.8. The Morgan fingerprint density at radius 2 is 2.00 bits per heavy atom. The molecular formula is C15H22FN3O2. The number of carbonyl (C=O) groups is 1. The number of hydrogen-bond donors (Lipinski definition) is 1. The Morgan fingerprint density at radius 3 is 2.52 bits per heavy atom. The summed E-state index contributed by atoms with van der Waals surface area (Å²) in [6.45, 7) is 6.64. The summed E-state index contributed by atoms with van der Waals surface area (Å²) >= 11 is 0. The van der Waals surface area contributed by atoms with Gasteiger partial charge in [-0.1, -0.05) is 6.07 Å². The Kier molecular flexibility index (Phi) is 4.34. The van der Waals surface area contributed by atoms with Crippen molar-refractivity contribution in [3.05, 3.63) is 23.6 Å². The van der Waals surface area contributed by atoms with E-state index < -0.39 is 11.5 Å². The predicted octanol–water partition coefficient (Wildman–Crippen LogP) is 2.92. The number of aromatic nitrogens is 1. The van der Waals surface area contributed by atoms with Crippen molar-refractivity contribution in [2.45, 2.75) is 45.1 Å². The summed E-state index contributed by atoms with van der Waals surface area (Å²) in [5, 5.41) is 0. The molecule has 2 rings (SSSR count). The van der Waals surface area contributed by atoms with E-state index in [1.165, 1.54) is 0 Å². The zero-order chi connectivity index (χ0) is 15.6. The number of pyridine rings is 1. The minimum Gasteiger partial charge on any atom is -0.444 e. The molecule has 1 saturated heterocycles. The molecule has 0 saturated carbocycles. The topological polar surface area (TPSA) is 68.5 Å². The molecule has 1 aromatic heterocycles. The number of anilines is 1. The Hall–Kier alpha value is -1.85. The van der Waals surface area contributed by atoms with Crippen LogP contribution >= 0.6 is 0 Å². The van der Waals surface area contributed by atoms with Crippen LogP contribution in [0.25, 0.3) is 0 Å². The smallest absolute Gasteiger partial charge is 0.410 e. The van der Waals surface area contributed by atoms with Gasteiger partial charge < -0.3 is 15.4 Å². The summed E-state index contributed by atoms with van der Waals surface area (Å²) in [6, 6.07) is 3.30. The predicted molar refractivity (Wildman–Crippen MR) is 78.4 cm³/mol. The third-order valence-corrected chi connectivity index (χ3v) is 3.49. The molecule has 0 unspecified atom stereocenters. The van der Waals surface area contributed by atoms with Crippen molar-refractivity contribution in [2.75, 3.05) is 18.8 Å². The van der Waals surface area contributed by atoms with Gasteiger partial charge in [-0.2, -0.15) is 4.39 Å². The van der Waals surface area contributed by atoms with Crippen LogP contribution in [0.15, 0.2) is 12.1 Å². The lowest BCUT2D eigenvalue weighted by Crippen LogP contribution is -2.41. The fraction of sp³-hybridized carbons (Fsp3) is 0.600. The van der Waals surface area contributed by atoms with Crippen LogP contribution in [-0.2, 0) is 4.74 Å². The molecule has 1 amide bonds. The summed E-state index contributed by atoms with van der Waals surface area (Å²) in [7, 11) is 0. The molecule has 116 valence electrons. The van der Waals surface area contributed by atoms with Gasteiger partial charge in [0, 0.05) is 18.7 Å². The fourth-order valence-corrected chi connectivity index (χ4v) is 2.46. The van der Waals surface area contributed by atoms with Gasteiger partial charge in [-0.3, -0.25) is 0 Å². The largest absolute Gasteiger partial charge is 0.444 e. The number of ether oxygens (including phenoxy) is 1. The average Bonchev–Trinajstić information content (AvgIpc) is 2.37. The van der Waals surface area contributed by atoms with Crippen molar-refractivity contribution < 1.29 is 13.9 Å². The number of amides is 1. The van der Waals surface area contributed by atoms with Crippen molar-refractivity contribution in [3.8, 4) is 0 Å². The molecule has 1 aromatic rings. The van der Waals surface area contributed by atoms with Gasteiger partial charge in [-0.15, -0.1) is 0 Å². The van der Waals surface area contributed by atoms with Crippen LogP contribution in [-0.4, -0.2) is 34.7 Å². The van der Waals surface area contributed by atoms with Crippen molar-refractivity contribution >= 4 is 11.9 Å². The number of nitrogens with zero attached hydrogens (tertiary/aromatic N) is 2. The SMILES string of the molecule is CC(C)(C)OC(=O)N1CCC(c2ccc(N)nc2F)CC1. The van der Waals surface area contributed by atoms with E-state index in [4.69, 9.17) is 10.5 Å². The highest BCUT2D eigenvalue weighted by molar-refractivity contribution is 5.68. The zero-order valence-electron chi connectivity index (χ0n) is 12.7. The first-order valence-corrected chi connectivity index (χ1v) is 7.16. The number of nitrogens with two attached hydrogens (primary N) is 1. The second kappa shape index (κ2) is 5.87. The molecule has 6 heteroatoms. The quantitative estimate of drug-likeness (QED) is 0.809. The first kappa shape index (κ1) is 15.5. The Bertz CT molecular complexity index is 520. The molecule has 1 fully saturated rings. The lowest BCUT2D eigenvalue weighted by Gasteiger charge is -2.33.